The van der Waals surface area contributed by atoms with Crippen molar-refractivity contribution in [3.8, 4) is 0 Å². The van der Waals surface area contributed by atoms with E-state index in [1.165, 1.54) is 24.3 Å². The fraction of sp³-hybridized carbons (Fsp3) is 0.273. The van der Waals surface area contributed by atoms with E-state index < -0.39 is 55.3 Å². The van der Waals surface area contributed by atoms with Gasteiger partial charge in [-0.1, -0.05) is 93.9 Å². The molecule has 2 aromatic carbocycles. The van der Waals surface area contributed by atoms with Crippen LogP contribution in [0.5, 0.6) is 0 Å². The fourth-order valence-electron chi connectivity index (χ4n) is 3.75. The highest BCUT2D eigenvalue weighted by Gasteiger charge is 2.63. The molecule has 202 valence electrons. The van der Waals surface area contributed by atoms with Gasteiger partial charge in [0.05, 0.1) is 11.4 Å². The van der Waals surface area contributed by atoms with Gasteiger partial charge in [0.15, 0.2) is 0 Å². The summed E-state index contributed by atoms with van der Waals surface area (Å²) >= 11 is 35.8. The van der Waals surface area contributed by atoms with Gasteiger partial charge in [-0.05, 0) is 35.4 Å². The number of nitrogens with zero attached hydrogens (tertiary/aromatic N) is 4. The molecule has 0 fully saturated rings. The van der Waals surface area contributed by atoms with Crippen LogP contribution in [0.2, 0.25) is 0 Å². The summed E-state index contributed by atoms with van der Waals surface area (Å²) in [5.74, 6) is -4.37. The van der Waals surface area contributed by atoms with E-state index in [1.807, 2.05) is 0 Å². The number of hydrogen-bond donors (Lipinski definition) is 2. The second kappa shape index (κ2) is 10.0. The van der Waals surface area contributed by atoms with E-state index in [0.29, 0.717) is 0 Å². The number of aliphatic hydroxyl groups is 2. The Bertz CT molecular complexity index is 1240. The molecule has 2 N–H and O–H groups in total. The molecule has 4 rings (SSSR count). The predicted molar refractivity (Wildman–Crippen MR) is 139 cm³/mol. The molecule has 8 nitrogen and oxygen atoms in total. The van der Waals surface area contributed by atoms with Crippen molar-refractivity contribution < 1.29 is 28.6 Å². The maximum Gasteiger partial charge on any atom is 0.336 e. The van der Waals surface area contributed by atoms with Crippen LogP contribution in [-0.4, -0.2) is 62.5 Å². The average Bonchev–Trinajstić information content (AvgIpc) is 3.38. The molecule has 2 aromatic rings. The lowest BCUT2D eigenvalue weighted by molar-refractivity contribution is -0.177. The van der Waals surface area contributed by atoms with Crippen molar-refractivity contribution in [2.45, 2.75) is 31.9 Å². The Morgan fingerprint density at radius 2 is 0.974 bits per heavy atom. The largest absolute Gasteiger partial charge is 0.365 e. The van der Waals surface area contributed by atoms with Crippen molar-refractivity contribution in [2.75, 3.05) is 0 Å². The minimum Gasteiger partial charge on any atom is -0.365 e. The van der Waals surface area contributed by atoms with Crippen LogP contribution in [0.3, 0.4) is 0 Å². The van der Waals surface area contributed by atoms with Gasteiger partial charge in [-0.2, -0.15) is 20.2 Å². The molecule has 2 aliphatic heterocycles. The fourth-order valence-corrected chi connectivity index (χ4v) is 4.63. The summed E-state index contributed by atoms with van der Waals surface area (Å²) in [5, 5.41) is 30.8. The van der Waals surface area contributed by atoms with E-state index in [0.717, 1.165) is 24.3 Å². The minimum atomic E-state index is -2.70. The molecule has 0 aromatic heterocycles. The van der Waals surface area contributed by atoms with Crippen molar-refractivity contribution in [3.63, 3.8) is 0 Å². The van der Waals surface area contributed by atoms with Crippen LogP contribution in [0.25, 0.3) is 0 Å². The monoisotopic (exact) mass is 646 g/mol. The number of carbonyl (C=O) groups is 2. The first-order valence-corrected chi connectivity index (χ1v) is 12.7. The number of halogens is 8. The lowest BCUT2D eigenvalue weighted by atomic mass is 10.0. The second-order valence-electron chi connectivity index (χ2n) is 8.32. The highest BCUT2D eigenvalue weighted by Crippen LogP contribution is 2.49. The summed E-state index contributed by atoms with van der Waals surface area (Å²) in [6.07, 6.45) is -1.15. The smallest absolute Gasteiger partial charge is 0.336 e. The SMILES string of the molecule is O=C(C(=O)N1N=C(c2ccc(F)cc2)CC1(O)C(Cl)(Cl)Cl)N1N=C(c2ccc(F)cc2)CC1(O)C(Cl)(Cl)Cl. The van der Waals surface area contributed by atoms with Crippen molar-refractivity contribution in [3.05, 3.63) is 71.3 Å². The topological polar surface area (TPSA) is 106 Å². The van der Waals surface area contributed by atoms with Crippen LogP contribution in [0.1, 0.15) is 24.0 Å². The normalized spacial score (nSPS) is 23.9. The first-order valence-electron chi connectivity index (χ1n) is 10.4. The molecule has 0 bridgehead atoms. The Morgan fingerprint density at radius 3 is 1.24 bits per heavy atom. The lowest BCUT2D eigenvalue weighted by Gasteiger charge is -2.39. The van der Waals surface area contributed by atoms with Crippen LogP contribution in [-0.2, 0) is 9.59 Å². The molecule has 2 atom stereocenters. The number of carbonyl (C=O) groups excluding carboxylic acids is 2. The number of hydrazone groups is 2. The zero-order valence-electron chi connectivity index (χ0n) is 18.6. The van der Waals surface area contributed by atoms with Crippen molar-refractivity contribution in [1.82, 2.24) is 10.0 Å². The minimum absolute atomic E-state index is 0.0338. The number of hydrogen-bond acceptors (Lipinski definition) is 6. The predicted octanol–water partition coefficient (Wildman–Crippen LogP) is 4.66. The molecule has 2 aliphatic rings. The van der Waals surface area contributed by atoms with Crippen LogP contribution < -0.4 is 0 Å². The third-order valence-electron chi connectivity index (χ3n) is 5.80. The van der Waals surface area contributed by atoms with E-state index in [9.17, 15) is 28.6 Å². The summed E-state index contributed by atoms with van der Waals surface area (Å²) < 4.78 is 21.6. The molecular formula is C22H14Cl6F2N4O4. The molecule has 2 unspecified atom stereocenters. The quantitative estimate of drug-likeness (QED) is 0.365. The number of rotatable bonds is 2. The molecule has 0 aliphatic carbocycles. The maximum atomic E-state index is 13.4. The first-order chi connectivity index (χ1) is 17.5. The Labute approximate surface area is 243 Å². The van der Waals surface area contributed by atoms with Gasteiger partial charge in [0.2, 0.25) is 19.0 Å². The molecule has 0 radical (unpaired) electrons. The van der Waals surface area contributed by atoms with Crippen LogP contribution >= 0.6 is 69.6 Å². The van der Waals surface area contributed by atoms with E-state index in [1.54, 1.807) is 0 Å². The third-order valence-corrected chi connectivity index (χ3v) is 7.62. The van der Waals surface area contributed by atoms with Crippen LogP contribution in [0.15, 0.2) is 58.7 Å². The molecule has 0 spiro atoms. The van der Waals surface area contributed by atoms with Gasteiger partial charge in [0, 0.05) is 12.8 Å². The van der Waals surface area contributed by atoms with Gasteiger partial charge in [-0.3, -0.25) is 9.59 Å². The number of amides is 2. The second-order valence-corrected chi connectivity index (χ2v) is 12.9. The molecule has 16 heteroatoms. The Morgan fingerprint density at radius 1 is 0.684 bits per heavy atom. The highest BCUT2D eigenvalue weighted by atomic mass is 35.6. The van der Waals surface area contributed by atoms with E-state index in [4.69, 9.17) is 69.6 Å². The van der Waals surface area contributed by atoms with E-state index >= 15 is 0 Å². The van der Waals surface area contributed by atoms with Crippen LogP contribution in [0, 0.1) is 11.6 Å². The zero-order valence-corrected chi connectivity index (χ0v) is 23.1. The maximum absolute atomic E-state index is 13.4. The first kappa shape index (κ1) is 29.2. The molecule has 0 saturated heterocycles. The summed E-state index contributed by atoms with van der Waals surface area (Å²) in [5.41, 5.74) is -4.97. The number of benzene rings is 2. The molecule has 0 saturated carbocycles. The van der Waals surface area contributed by atoms with Gasteiger partial charge < -0.3 is 10.2 Å². The standard InChI is InChI=1S/C22H14Cl6F2N4O4/c23-21(24,25)19(37)9-15(11-1-5-13(29)6-2-11)31-33(19)17(35)18(36)34-20(38,22(26,27)28)10-16(32-34)12-3-7-14(30)8-4-12/h1-8,37-38H,9-10H2. The number of alkyl halides is 6. The summed E-state index contributed by atoms with van der Waals surface area (Å²) in [6.45, 7) is 0. The molecule has 2 amide bonds. The lowest BCUT2D eigenvalue weighted by Crippen LogP contribution is -2.62. The highest BCUT2D eigenvalue weighted by molar-refractivity contribution is 6.69. The van der Waals surface area contributed by atoms with Gasteiger partial charge in [-0.25, -0.2) is 8.78 Å². The van der Waals surface area contributed by atoms with E-state index in [-0.39, 0.29) is 32.6 Å². The van der Waals surface area contributed by atoms with E-state index in [2.05, 4.69) is 10.2 Å². The third kappa shape index (κ3) is 5.09. The Balaban J connectivity index is 1.76. The summed E-state index contributed by atoms with van der Waals surface area (Å²) in [4.78, 5) is 26.8. The average molecular weight is 649 g/mol. The van der Waals surface area contributed by atoms with Gasteiger partial charge in [-0.15, -0.1) is 0 Å². The van der Waals surface area contributed by atoms with Gasteiger partial charge in [0.25, 0.3) is 0 Å². The Kier molecular flexibility index (Phi) is 7.70. The van der Waals surface area contributed by atoms with Crippen molar-refractivity contribution >= 4 is 92.8 Å². The summed E-state index contributed by atoms with van der Waals surface area (Å²) in [7, 11) is 0. The van der Waals surface area contributed by atoms with Gasteiger partial charge in [0.1, 0.15) is 11.6 Å². The van der Waals surface area contributed by atoms with Gasteiger partial charge >= 0.3 is 11.8 Å². The van der Waals surface area contributed by atoms with Crippen molar-refractivity contribution in [1.29, 1.82) is 0 Å². The molecule has 38 heavy (non-hydrogen) atoms. The summed E-state index contributed by atoms with van der Waals surface area (Å²) in [6, 6.07) is 9.57. The molecular weight excluding hydrogens is 635 g/mol. The van der Waals surface area contributed by atoms with Crippen molar-refractivity contribution in [2.24, 2.45) is 10.2 Å². The van der Waals surface area contributed by atoms with Crippen LogP contribution in [0.4, 0.5) is 8.78 Å². The Hall–Kier alpha value is -1.76. The zero-order chi connectivity index (χ0) is 28.3. The molecule has 2 heterocycles.